The first-order valence-electron chi connectivity index (χ1n) is 13.6. The molecular formula is C31H36N6O4. The summed E-state index contributed by atoms with van der Waals surface area (Å²) in [5, 5.41) is 18.2. The molecule has 0 saturated heterocycles. The molecule has 0 aliphatic rings. The summed E-state index contributed by atoms with van der Waals surface area (Å²) >= 11 is 0. The second-order valence-corrected chi connectivity index (χ2v) is 9.56. The van der Waals surface area contributed by atoms with Crippen LogP contribution in [0.3, 0.4) is 0 Å². The number of carbonyl (C=O) groups excluding carboxylic acids is 2. The van der Waals surface area contributed by atoms with Crippen molar-refractivity contribution in [2.24, 2.45) is 0 Å². The maximum atomic E-state index is 13.5. The lowest BCUT2D eigenvalue weighted by molar-refractivity contribution is -0.141. The number of aliphatic hydroxyl groups excluding tert-OH is 1. The van der Waals surface area contributed by atoms with E-state index < -0.39 is 24.0 Å². The number of pyridine rings is 1. The second-order valence-electron chi connectivity index (χ2n) is 9.56. The highest BCUT2D eigenvalue weighted by atomic mass is 16.6. The molecule has 0 aliphatic heterocycles. The molecule has 10 heteroatoms. The Labute approximate surface area is 239 Å². The Morgan fingerprint density at radius 1 is 0.976 bits per heavy atom. The van der Waals surface area contributed by atoms with Gasteiger partial charge in [0.1, 0.15) is 0 Å². The van der Waals surface area contributed by atoms with E-state index in [1.807, 2.05) is 48.5 Å². The van der Waals surface area contributed by atoms with Crippen molar-refractivity contribution in [3.05, 3.63) is 102 Å². The fourth-order valence-electron chi connectivity index (χ4n) is 4.54. The quantitative estimate of drug-likeness (QED) is 0.216. The second kappa shape index (κ2) is 14.3. The lowest BCUT2D eigenvalue weighted by Crippen LogP contribution is -2.51. The molecule has 2 amide bonds. The number of nitrogens with one attached hydrogen (secondary N) is 2. The Morgan fingerprint density at radius 2 is 1.71 bits per heavy atom. The van der Waals surface area contributed by atoms with Crippen molar-refractivity contribution < 1.29 is 19.5 Å². The Kier molecular flexibility index (Phi) is 10.3. The Morgan fingerprint density at radius 3 is 2.39 bits per heavy atom. The lowest BCUT2D eigenvalue weighted by atomic mass is 10.00. The van der Waals surface area contributed by atoms with Gasteiger partial charge in [0.2, 0.25) is 0 Å². The van der Waals surface area contributed by atoms with Crippen LogP contribution in [0.5, 0.6) is 0 Å². The molecule has 3 N–H and O–H groups in total. The molecule has 2 heterocycles. The average Bonchev–Trinajstić information content (AvgIpc) is 3.50. The van der Waals surface area contributed by atoms with E-state index in [-0.39, 0.29) is 12.0 Å². The third kappa shape index (κ3) is 7.63. The first-order chi connectivity index (χ1) is 19.9. The van der Waals surface area contributed by atoms with E-state index in [9.17, 15) is 14.7 Å². The SMILES string of the molecule is CCN(CC)Cc1ccc(-c2ccn(-c3ncccc3C(=O)NC(Cc3ccccc3)C(O)C(=O)NOC)n2)cc1. The van der Waals surface area contributed by atoms with Crippen molar-refractivity contribution in [3.8, 4) is 17.1 Å². The number of aromatic nitrogens is 3. The van der Waals surface area contributed by atoms with Crippen LogP contribution >= 0.6 is 0 Å². The molecule has 2 unspecified atom stereocenters. The number of hydrogen-bond donors (Lipinski definition) is 3. The summed E-state index contributed by atoms with van der Waals surface area (Å²) in [6, 6.07) is 21.8. The van der Waals surface area contributed by atoms with Crippen LogP contribution in [0.25, 0.3) is 17.1 Å². The van der Waals surface area contributed by atoms with E-state index in [4.69, 9.17) is 0 Å². The normalized spacial score (nSPS) is 12.6. The smallest absolute Gasteiger partial charge is 0.274 e. The summed E-state index contributed by atoms with van der Waals surface area (Å²) < 4.78 is 1.55. The molecule has 2 aromatic carbocycles. The maximum absolute atomic E-state index is 13.5. The van der Waals surface area contributed by atoms with Crippen molar-refractivity contribution >= 4 is 11.8 Å². The number of hydrogen-bond acceptors (Lipinski definition) is 7. The molecule has 4 rings (SSSR count). The average molecular weight is 557 g/mol. The van der Waals surface area contributed by atoms with Gasteiger partial charge in [-0.3, -0.25) is 19.3 Å². The Balaban J connectivity index is 1.55. The third-order valence-corrected chi connectivity index (χ3v) is 6.86. The van der Waals surface area contributed by atoms with E-state index in [0.717, 1.165) is 36.5 Å². The van der Waals surface area contributed by atoms with Crippen LogP contribution in [0.4, 0.5) is 0 Å². The molecule has 0 saturated carbocycles. The number of hydroxylamine groups is 1. The van der Waals surface area contributed by atoms with Gasteiger partial charge < -0.3 is 10.4 Å². The minimum atomic E-state index is -1.56. The van der Waals surface area contributed by atoms with Crippen LogP contribution in [0.2, 0.25) is 0 Å². The van der Waals surface area contributed by atoms with Crippen LogP contribution in [0.15, 0.2) is 85.2 Å². The van der Waals surface area contributed by atoms with Gasteiger partial charge in [0.05, 0.1) is 24.4 Å². The van der Waals surface area contributed by atoms with Gasteiger partial charge in [-0.25, -0.2) is 15.1 Å². The van der Waals surface area contributed by atoms with Gasteiger partial charge in [-0.1, -0.05) is 68.4 Å². The standard InChI is InChI=1S/C31H36N6O4/c1-4-36(5-2)21-23-13-15-24(16-14-23)26-17-19-37(34-26)29-25(12-9-18-32-29)30(39)33-27(28(38)31(40)35-41-3)20-22-10-7-6-8-11-22/h6-19,27-28,38H,4-5,20-21H2,1-3H3,(H,33,39)(H,35,40). The van der Waals surface area contributed by atoms with Crippen LogP contribution in [0, 0.1) is 0 Å². The van der Waals surface area contributed by atoms with Gasteiger partial charge >= 0.3 is 0 Å². The number of amides is 2. The molecule has 2 aromatic heterocycles. The van der Waals surface area contributed by atoms with Crippen molar-refractivity contribution in [1.29, 1.82) is 0 Å². The highest BCUT2D eigenvalue weighted by Crippen LogP contribution is 2.21. The van der Waals surface area contributed by atoms with E-state index in [1.54, 1.807) is 29.2 Å². The Bertz CT molecular complexity index is 1420. The fourth-order valence-corrected chi connectivity index (χ4v) is 4.54. The van der Waals surface area contributed by atoms with E-state index >= 15 is 0 Å². The van der Waals surface area contributed by atoms with Gasteiger partial charge in [0.15, 0.2) is 11.9 Å². The highest BCUT2D eigenvalue weighted by molar-refractivity contribution is 5.97. The molecule has 214 valence electrons. The van der Waals surface area contributed by atoms with E-state index in [2.05, 4.69) is 56.6 Å². The molecule has 2 atom stereocenters. The van der Waals surface area contributed by atoms with Gasteiger partial charge in [0, 0.05) is 24.5 Å². The number of benzene rings is 2. The number of aliphatic hydroxyl groups is 1. The van der Waals surface area contributed by atoms with E-state index in [0.29, 0.717) is 5.82 Å². The molecule has 10 nitrogen and oxygen atoms in total. The summed E-state index contributed by atoms with van der Waals surface area (Å²) in [6.45, 7) is 7.19. The monoisotopic (exact) mass is 556 g/mol. The molecule has 0 bridgehead atoms. The molecule has 4 aromatic rings. The zero-order valence-corrected chi connectivity index (χ0v) is 23.5. The lowest BCUT2D eigenvalue weighted by Gasteiger charge is -2.24. The van der Waals surface area contributed by atoms with Crippen LogP contribution in [0.1, 0.15) is 35.3 Å². The third-order valence-electron chi connectivity index (χ3n) is 6.86. The number of rotatable bonds is 13. The molecule has 0 spiro atoms. The first-order valence-corrected chi connectivity index (χ1v) is 13.6. The largest absolute Gasteiger partial charge is 0.381 e. The zero-order valence-electron chi connectivity index (χ0n) is 23.5. The van der Waals surface area contributed by atoms with Crippen molar-refractivity contribution in [2.75, 3.05) is 20.2 Å². The molecule has 41 heavy (non-hydrogen) atoms. The summed E-state index contributed by atoms with van der Waals surface area (Å²) in [5.41, 5.74) is 6.13. The van der Waals surface area contributed by atoms with Gasteiger partial charge in [0.25, 0.3) is 11.8 Å². The summed E-state index contributed by atoms with van der Waals surface area (Å²) in [4.78, 5) is 37.3. The fraction of sp³-hybridized carbons (Fsp3) is 0.290. The van der Waals surface area contributed by atoms with Crippen LogP contribution < -0.4 is 10.8 Å². The highest BCUT2D eigenvalue weighted by Gasteiger charge is 2.29. The van der Waals surface area contributed by atoms with Crippen LogP contribution in [-0.4, -0.2) is 68.9 Å². The van der Waals surface area contributed by atoms with Crippen LogP contribution in [-0.2, 0) is 22.6 Å². The molecule has 0 aliphatic carbocycles. The number of nitrogens with zero attached hydrogens (tertiary/aromatic N) is 4. The topological polar surface area (TPSA) is 122 Å². The zero-order chi connectivity index (χ0) is 29.2. The number of carbonyl (C=O) groups is 2. The molecule has 0 fully saturated rings. The molecular weight excluding hydrogens is 520 g/mol. The predicted molar refractivity (Wildman–Crippen MR) is 156 cm³/mol. The summed E-state index contributed by atoms with van der Waals surface area (Å²) in [7, 11) is 1.27. The maximum Gasteiger partial charge on any atom is 0.274 e. The van der Waals surface area contributed by atoms with Crippen molar-refractivity contribution in [2.45, 2.75) is 39.0 Å². The predicted octanol–water partition coefficient (Wildman–Crippen LogP) is 3.16. The van der Waals surface area contributed by atoms with E-state index in [1.165, 1.54) is 12.7 Å². The van der Waals surface area contributed by atoms with Crippen molar-refractivity contribution in [3.63, 3.8) is 0 Å². The van der Waals surface area contributed by atoms with Crippen molar-refractivity contribution in [1.82, 2.24) is 30.5 Å². The molecule has 0 radical (unpaired) electrons. The summed E-state index contributed by atoms with van der Waals surface area (Å²) in [6.07, 6.45) is 2.00. The minimum absolute atomic E-state index is 0.219. The minimum Gasteiger partial charge on any atom is -0.381 e. The summed E-state index contributed by atoms with van der Waals surface area (Å²) in [5.74, 6) is -0.945. The van der Waals surface area contributed by atoms with Gasteiger partial charge in [-0.05, 0) is 48.8 Å². The first kappa shape index (κ1) is 29.6. The van der Waals surface area contributed by atoms with Gasteiger partial charge in [-0.15, -0.1) is 0 Å². The van der Waals surface area contributed by atoms with Gasteiger partial charge in [-0.2, -0.15) is 5.10 Å². The Hall–Kier alpha value is -4.38.